The van der Waals surface area contributed by atoms with Crippen molar-refractivity contribution < 1.29 is 0 Å². The summed E-state index contributed by atoms with van der Waals surface area (Å²) in [5, 5.41) is 7.24. The Kier molecular flexibility index (Phi) is 4.79. The quantitative estimate of drug-likeness (QED) is 0.864. The second kappa shape index (κ2) is 6.16. The Balaban J connectivity index is 2.19. The van der Waals surface area contributed by atoms with E-state index in [1.54, 1.807) is 0 Å². The summed E-state index contributed by atoms with van der Waals surface area (Å²) in [5.41, 5.74) is 0.164. The first-order valence-electron chi connectivity index (χ1n) is 7.33. The summed E-state index contributed by atoms with van der Waals surface area (Å²) in [6.45, 7) is 8.07. The molecule has 1 aromatic rings. The van der Waals surface area contributed by atoms with E-state index in [-0.39, 0.29) is 5.54 Å². The molecule has 1 aromatic heterocycles. The zero-order chi connectivity index (χ0) is 13.0. The predicted octanol–water partition coefficient (Wildman–Crippen LogP) is 4.18. The van der Waals surface area contributed by atoms with Crippen LogP contribution in [0.5, 0.6) is 0 Å². The van der Waals surface area contributed by atoms with Crippen molar-refractivity contribution >= 4 is 11.3 Å². The fraction of sp³-hybridized carbons (Fsp3) is 0.800. The summed E-state index contributed by atoms with van der Waals surface area (Å²) in [6, 6.07) is 0. The smallest absolute Gasteiger partial charge is 0.113 e. The van der Waals surface area contributed by atoms with Crippen LogP contribution in [-0.2, 0) is 5.54 Å². The summed E-state index contributed by atoms with van der Waals surface area (Å²) >= 11 is 1.82. The summed E-state index contributed by atoms with van der Waals surface area (Å²) < 4.78 is 0. The molecule has 0 aliphatic heterocycles. The zero-order valence-electron chi connectivity index (χ0n) is 11.9. The van der Waals surface area contributed by atoms with Gasteiger partial charge in [0.15, 0.2) is 0 Å². The van der Waals surface area contributed by atoms with Gasteiger partial charge in [0.2, 0.25) is 0 Å². The van der Waals surface area contributed by atoms with Crippen LogP contribution in [0.3, 0.4) is 0 Å². The fourth-order valence-corrected chi connectivity index (χ4v) is 4.00. The number of thiazole rings is 1. The van der Waals surface area contributed by atoms with Gasteiger partial charge in [0.25, 0.3) is 0 Å². The summed E-state index contributed by atoms with van der Waals surface area (Å²) in [7, 11) is 0. The highest BCUT2D eigenvalue weighted by Crippen LogP contribution is 2.43. The van der Waals surface area contributed by atoms with E-state index in [4.69, 9.17) is 0 Å². The van der Waals surface area contributed by atoms with Crippen molar-refractivity contribution in [2.75, 3.05) is 6.54 Å². The van der Waals surface area contributed by atoms with Crippen molar-refractivity contribution in [3.8, 4) is 0 Å². The minimum absolute atomic E-state index is 0.164. The Bertz CT molecular complexity index is 347. The van der Waals surface area contributed by atoms with E-state index in [9.17, 15) is 0 Å². The first kappa shape index (κ1) is 14.0. The molecule has 0 bridgehead atoms. The van der Waals surface area contributed by atoms with Gasteiger partial charge in [-0.15, -0.1) is 11.3 Å². The Morgan fingerprint density at radius 1 is 1.56 bits per heavy atom. The van der Waals surface area contributed by atoms with E-state index in [0.29, 0.717) is 0 Å². The van der Waals surface area contributed by atoms with Crippen molar-refractivity contribution in [3.63, 3.8) is 0 Å². The van der Waals surface area contributed by atoms with E-state index < -0.39 is 0 Å². The lowest BCUT2D eigenvalue weighted by Gasteiger charge is -2.42. The van der Waals surface area contributed by atoms with Crippen LogP contribution >= 0.6 is 11.3 Å². The van der Waals surface area contributed by atoms with Crippen LogP contribution in [0, 0.1) is 11.8 Å². The molecule has 1 heterocycles. The monoisotopic (exact) mass is 266 g/mol. The molecular formula is C15H26N2S. The molecule has 1 N–H and O–H groups in total. The van der Waals surface area contributed by atoms with Gasteiger partial charge >= 0.3 is 0 Å². The Morgan fingerprint density at radius 3 is 3.00 bits per heavy atom. The second-order valence-electron chi connectivity index (χ2n) is 5.95. The minimum atomic E-state index is 0.164. The van der Waals surface area contributed by atoms with Crippen LogP contribution < -0.4 is 5.32 Å². The third-order valence-electron chi connectivity index (χ3n) is 4.29. The lowest BCUT2D eigenvalue weighted by Crippen LogP contribution is -2.47. The van der Waals surface area contributed by atoms with Gasteiger partial charge < -0.3 is 5.32 Å². The van der Waals surface area contributed by atoms with Crippen molar-refractivity contribution in [1.29, 1.82) is 0 Å². The van der Waals surface area contributed by atoms with Gasteiger partial charge in [0, 0.05) is 11.6 Å². The molecule has 0 saturated heterocycles. The number of hydrogen-bond donors (Lipinski definition) is 1. The first-order chi connectivity index (χ1) is 8.68. The van der Waals surface area contributed by atoms with Crippen LogP contribution in [-0.4, -0.2) is 11.5 Å². The molecule has 2 rings (SSSR count). The van der Waals surface area contributed by atoms with Gasteiger partial charge in [-0.2, -0.15) is 0 Å². The van der Waals surface area contributed by atoms with Crippen molar-refractivity contribution in [1.82, 2.24) is 10.3 Å². The second-order valence-corrected chi connectivity index (χ2v) is 6.84. The van der Waals surface area contributed by atoms with Crippen LogP contribution in [0.4, 0.5) is 0 Å². The molecule has 2 atom stereocenters. The Morgan fingerprint density at radius 2 is 2.39 bits per heavy atom. The molecule has 0 radical (unpaired) electrons. The fourth-order valence-electron chi connectivity index (χ4n) is 3.14. The molecule has 1 saturated carbocycles. The SMILES string of the molecule is CCCNC1(c2nccs2)CCCC(C(C)C)C1. The molecule has 18 heavy (non-hydrogen) atoms. The van der Waals surface area contributed by atoms with E-state index in [1.165, 1.54) is 37.1 Å². The van der Waals surface area contributed by atoms with Gasteiger partial charge in [0.1, 0.15) is 5.01 Å². The standard InChI is InChI=1S/C15H26N2S/c1-4-8-17-15(14-16-9-10-18-14)7-5-6-13(11-15)12(2)3/h9-10,12-13,17H,4-8,11H2,1-3H3. The summed E-state index contributed by atoms with van der Waals surface area (Å²) in [4.78, 5) is 4.61. The van der Waals surface area contributed by atoms with E-state index in [2.05, 4.69) is 36.5 Å². The number of hydrogen-bond acceptors (Lipinski definition) is 3. The van der Waals surface area contributed by atoms with Crippen molar-refractivity contribution in [3.05, 3.63) is 16.6 Å². The van der Waals surface area contributed by atoms with Gasteiger partial charge in [-0.3, -0.25) is 0 Å². The van der Waals surface area contributed by atoms with Crippen molar-refractivity contribution in [2.45, 2.75) is 58.4 Å². The largest absolute Gasteiger partial charge is 0.305 e. The van der Waals surface area contributed by atoms with Gasteiger partial charge in [0.05, 0.1) is 5.54 Å². The Labute approximate surface area is 115 Å². The average Bonchev–Trinajstić information content (AvgIpc) is 2.91. The van der Waals surface area contributed by atoms with Gasteiger partial charge in [-0.05, 0) is 37.6 Å². The number of aromatic nitrogens is 1. The lowest BCUT2D eigenvalue weighted by atomic mass is 9.72. The highest BCUT2D eigenvalue weighted by atomic mass is 32.1. The Hall–Kier alpha value is -0.410. The van der Waals surface area contributed by atoms with Gasteiger partial charge in [-0.25, -0.2) is 4.98 Å². The number of nitrogens with zero attached hydrogens (tertiary/aromatic N) is 1. The van der Waals surface area contributed by atoms with Crippen LogP contribution in [0.25, 0.3) is 0 Å². The maximum absolute atomic E-state index is 4.61. The third-order valence-corrected chi connectivity index (χ3v) is 5.26. The lowest BCUT2D eigenvalue weighted by molar-refractivity contribution is 0.147. The third kappa shape index (κ3) is 2.94. The van der Waals surface area contributed by atoms with E-state index in [0.717, 1.165) is 18.4 Å². The molecule has 2 unspecified atom stereocenters. The number of rotatable bonds is 5. The predicted molar refractivity (Wildman–Crippen MR) is 78.9 cm³/mol. The molecule has 0 spiro atoms. The molecular weight excluding hydrogens is 240 g/mol. The average molecular weight is 266 g/mol. The molecule has 0 amide bonds. The van der Waals surface area contributed by atoms with E-state index >= 15 is 0 Å². The highest BCUT2D eigenvalue weighted by Gasteiger charge is 2.39. The normalized spacial score (nSPS) is 28.8. The molecule has 1 aliphatic rings. The molecule has 3 heteroatoms. The van der Waals surface area contributed by atoms with Crippen LogP contribution in [0.15, 0.2) is 11.6 Å². The van der Waals surface area contributed by atoms with Crippen LogP contribution in [0.1, 0.15) is 57.9 Å². The molecule has 1 aliphatic carbocycles. The molecule has 1 fully saturated rings. The summed E-state index contributed by atoms with van der Waals surface area (Å²) in [6.07, 6.45) is 8.38. The van der Waals surface area contributed by atoms with Crippen molar-refractivity contribution in [2.24, 2.45) is 11.8 Å². The topological polar surface area (TPSA) is 24.9 Å². The summed E-state index contributed by atoms with van der Waals surface area (Å²) in [5.74, 6) is 1.63. The maximum atomic E-state index is 4.61. The molecule has 0 aromatic carbocycles. The maximum Gasteiger partial charge on any atom is 0.113 e. The number of nitrogens with one attached hydrogen (secondary N) is 1. The molecule has 2 nitrogen and oxygen atoms in total. The first-order valence-corrected chi connectivity index (χ1v) is 8.21. The van der Waals surface area contributed by atoms with E-state index in [1.807, 2.05) is 17.5 Å². The molecule has 102 valence electrons. The van der Waals surface area contributed by atoms with Gasteiger partial charge in [-0.1, -0.05) is 33.6 Å². The zero-order valence-corrected chi connectivity index (χ0v) is 12.7. The highest BCUT2D eigenvalue weighted by molar-refractivity contribution is 7.09. The van der Waals surface area contributed by atoms with Crippen LogP contribution in [0.2, 0.25) is 0 Å². The minimum Gasteiger partial charge on any atom is -0.305 e.